The molecule has 0 fully saturated rings. The van der Waals surface area contributed by atoms with Crippen LogP contribution in [-0.2, 0) is 0 Å². The predicted molar refractivity (Wildman–Crippen MR) is 82.9 cm³/mol. The normalized spacial score (nSPS) is 12.0. The Morgan fingerprint density at radius 3 is 2.46 bits per heavy atom. The first-order valence-electron chi connectivity index (χ1n) is 6.98. The van der Waals surface area contributed by atoms with Crippen LogP contribution in [0.3, 0.4) is 0 Å². The number of carbonyl (C=O) groups is 1. The average Bonchev–Trinajstić information content (AvgIpc) is 2.54. The summed E-state index contributed by atoms with van der Waals surface area (Å²) in [6.07, 6.45) is -4.65. The Bertz CT molecular complexity index is 892. The van der Waals surface area contributed by atoms with Gasteiger partial charge in [0.25, 0.3) is 5.91 Å². The fourth-order valence-corrected chi connectivity index (χ4v) is 1.74. The van der Waals surface area contributed by atoms with Crippen molar-refractivity contribution in [3.05, 3.63) is 63.9 Å². The second-order valence-corrected chi connectivity index (χ2v) is 4.92. The van der Waals surface area contributed by atoms with Crippen LogP contribution in [0.5, 0.6) is 0 Å². The van der Waals surface area contributed by atoms with E-state index in [1.165, 1.54) is 12.1 Å². The van der Waals surface area contributed by atoms with E-state index in [9.17, 15) is 31.5 Å². The number of halogens is 5. The van der Waals surface area contributed by atoms with Gasteiger partial charge in [0.2, 0.25) is 11.5 Å². The number of H-pyrrole nitrogens is 1. The van der Waals surface area contributed by atoms with Crippen LogP contribution in [0.2, 0.25) is 0 Å². The fourth-order valence-electron chi connectivity index (χ4n) is 1.74. The summed E-state index contributed by atoms with van der Waals surface area (Å²) in [5, 5.41) is 4.32. The summed E-state index contributed by atoms with van der Waals surface area (Å²) in [7, 11) is 0. The highest BCUT2D eigenvalue weighted by Crippen LogP contribution is 2.14. The molecule has 3 N–H and O–H groups in total. The number of anilines is 1. The minimum atomic E-state index is -4.65. The molecule has 0 aliphatic rings. The van der Waals surface area contributed by atoms with Gasteiger partial charge in [-0.15, -0.1) is 0 Å². The van der Waals surface area contributed by atoms with Gasteiger partial charge in [-0.25, -0.2) is 13.8 Å². The lowest BCUT2D eigenvalue weighted by Gasteiger charge is -2.12. The molecule has 1 heterocycles. The molecule has 0 bridgehead atoms. The molecule has 138 valence electrons. The number of hydrogen-bond donors (Lipinski definition) is 3. The Labute approximate surface area is 142 Å². The molecular formula is C15H11F5N4O2. The van der Waals surface area contributed by atoms with Gasteiger partial charge in [-0.1, -0.05) is 6.07 Å². The molecule has 0 radical (unpaired) electrons. The summed E-state index contributed by atoms with van der Waals surface area (Å²) in [5.74, 6) is -4.20. The molecule has 2 rings (SSSR count). The van der Waals surface area contributed by atoms with E-state index >= 15 is 0 Å². The van der Waals surface area contributed by atoms with Crippen molar-refractivity contribution in [3.8, 4) is 0 Å². The first-order valence-corrected chi connectivity index (χ1v) is 6.98. The van der Waals surface area contributed by atoms with Crippen LogP contribution in [-0.4, -0.2) is 29.6 Å². The zero-order valence-corrected chi connectivity index (χ0v) is 12.8. The van der Waals surface area contributed by atoms with Crippen LogP contribution in [0.25, 0.3) is 0 Å². The number of guanidine groups is 1. The van der Waals surface area contributed by atoms with Gasteiger partial charge >= 0.3 is 6.18 Å². The maximum absolute atomic E-state index is 13.2. The predicted octanol–water partition coefficient (Wildman–Crippen LogP) is 2.41. The van der Waals surface area contributed by atoms with Crippen LogP contribution in [0, 0.1) is 11.6 Å². The molecule has 0 saturated heterocycles. The standard InChI is InChI=1S/C15H11F5N4O2/c16-9-5-4-8(6-10(9)17)13(26)24-14(21-7-15(18,19)20)23-11-2-1-3-12(25)22-11/h1-6H,7H2,(H3,21,22,23,24,25,26). The van der Waals surface area contributed by atoms with Crippen LogP contribution in [0.1, 0.15) is 10.4 Å². The number of hydrogen-bond acceptors (Lipinski definition) is 3. The number of aromatic amines is 1. The van der Waals surface area contributed by atoms with Crippen molar-refractivity contribution in [2.24, 2.45) is 4.99 Å². The highest BCUT2D eigenvalue weighted by Gasteiger charge is 2.27. The van der Waals surface area contributed by atoms with Crippen molar-refractivity contribution in [2.45, 2.75) is 6.18 Å². The lowest BCUT2D eigenvalue weighted by atomic mass is 10.2. The number of nitrogens with one attached hydrogen (secondary N) is 3. The van der Waals surface area contributed by atoms with Gasteiger partial charge in [0.1, 0.15) is 12.4 Å². The van der Waals surface area contributed by atoms with Gasteiger partial charge in [-0.05, 0) is 24.3 Å². The first-order chi connectivity index (χ1) is 12.1. The maximum atomic E-state index is 13.2. The highest BCUT2D eigenvalue weighted by atomic mass is 19.4. The molecule has 0 saturated carbocycles. The van der Waals surface area contributed by atoms with Gasteiger partial charge in [-0.2, -0.15) is 13.2 Å². The summed E-state index contributed by atoms with van der Waals surface area (Å²) in [6, 6.07) is 6.01. The molecule has 6 nitrogen and oxygen atoms in total. The second kappa shape index (κ2) is 7.76. The van der Waals surface area contributed by atoms with E-state index in [1.54, 1.807) is 0 Å². The van der Waals surface area contributed by atoms with Gasteiger partial charge in [-0.3, -0.25) is 14.9 Å². The third kappa shape index (κ3) is 5.69. The average molecular weight is 374 g/mol. The third-order valence-electron chi connectivity index (χ3n) is 2.85. The van der Waals surface area contributed by atoms with E-state index in [2.05, 4.69) is 15.3 Å². The smallest absolute Gasteiger partial charge is 0.312 e. The number of alkyl halides is 3. The largest absolute Gasteiger partial charge is 0.408 e. The molecule has 0 aliphatic heterocycles. The van der Waals surface area contributed by atoms with Gasteiger partial charge in [0, 0.05) is 11.6 Å². The summed E-state index contributed by atoms with van der Waals surface area (Å²) < 4.78 is 63.2. The Balaban J connectivity index is 2.23. The number of carbonyl (C=O) groups excluding carboxylic acids is 1. The van der Waals surface area contributed by atoms with E-state index in [1.807, 2.05) is 5.32 Å². The Morgan fingerprint density at radius 2 is 1.85 bits per heavy atom. The zero-order valence-electron chi connectivity index (χ0n) is 12.8. The molecule has 11 heteroatoms. The lowest BCUT2D eigenvalue weighted by molar-refractivity contribution is -0.118. The zero-order chi connectivity index (χ0) is 19.3. The van der Waals surface area contributed by atoms with Crippen molar-refractivity contribution in [2.75, 3.05) is 11.9 Å². The number of benzene rings is 1. The van der Waals surface area contributed by atoms with Crippen LogP contribution in [0.4, 0.5) is 27.8 Å². The fraction of sp³-hybridized carbons (Fsp3) is 0.133. The molecule has 0 unspecified atom stereocenters. The van der Waals surface area contributed by atoms with Crippen molar-refractivity contribution >= 4 is 17.7 Å². The molecule has 0 aliphatic carbocycles. The molecular weight excluding hydrogens is 363 g/mol. The van der Waals surface area contributed by atoms with Crippen LogP contribution < -0.4 is 16.2 Å². The summed E-state index contributed by atoms with van der Waals surface area (Å²) in [4.78, 5) is 28.7. The van der Waals surface area contributed by atoms with E-state index in [0.29, 0.717) is 12.1 Å². The minimum Gasteiger partial charge on any atom is -0.312 e. The van der Waals surface area contributed by atoms with Gasteiger partial charge < -0.3 is 10.3 Å². The Kier molecular flexibility index (Phi) is 5.70. The number of rotatable bonds is 3. The van der Waals surface area contributed by atoms with E-state index < -0.39 is 41.8 Å². The van der Waals surface area contributed by atoms with E-state index in [-0.39, 0.29) is 11.4 Å². The Hall–Kier alpha value is -3.24. The van der Waals surface area contributed by atoms with E-state index in [0.717, 1.165) is 12.1 Å². The quantitative estimate of drug-likeness (QED) is 0.438. The van der Waals surface area contributed by atoms with Gasteiger partial charge in [0.15, 0.2) is 11.6 Å². The summed E-state index contributed by atoms with van der Waals surface area (Å²) in [6.45, 7) is -1.62. The Morgan fingerprint density at radius 1 is 1.12 bits per heavy atom. The minimum absolute atomic E-state index is 0.0380. The molecule has 0 spiro atoms. The van der Waals surface area contributed by atoms with Gasteiger partial charge in [0.05, 0.1) is 0 Å². The maximum Gasteiger partial charge on any atom is 0.408 e. The molecule has 1 aromatic heterocycles. The monoisotopic (exact) mass is 374 g/mol. The molecule has 1 amide bonds. The molecule has 1 aromatic carbocycles. The molecule has 2 aromatic rings. The van der Waals surface area contributed by atoms with Crippen LogP contribution >= 0.6 is 0 Å². The third-order valence-corrected chi connectivity index (χ3v) is 2.85. The summed E-state index contributed by atoms with van der Waals surface area (Å²) >= 11 is 0. The summed E-state index contributed by atoms with van der Waals surface area (Å²) in [5.41, 5.74) is -0.885. The number of amides is 1. The van der Waals surface area contributed by atoms with E-state index in [4.69, 9.17) is 0 Å². The van der Waals surface area contributed by atoms with Crippen molar-refractivity contribution in [1.82, 2.24) is 10.3 Å². The number of nitrogens with zero attached hydrogens (tertiary/aromatic N) is 1. The number of pyridine rings is 1. The lowest BCUT2D eigenvalue weighted by Crippen LogP contribution is -2.37. The number of aliphatic imine (C=N–C) groups is 1. The highest BCUT2D eigenvalue weighted by molar-refractivity contribution is 6.09. The molecule has 0 atom stereocenters. The first kappa shape index (κ1) is 19.1. The SMILES string of the molecule is O=C(NC(=NCC(F)(F)F)Nc1cccc(=O)[nH]1)c1ccc(F)c(F)c1. The van der Waals surface area contributed by atoms with Crippen LogP contribution in [0.15, 0.2) is 46.2 Å². The topological polar surface area (TPSA) is 86.3 Å². The second-order valence-electron chi connectivity index (χ2n) is 4.92. The van der Waals surface area contributed by atoms with Crippen molar-refractivity contribution < 1.29 is 26.7 Å². The number of aromatic nitrogens is 1. The molecule has 26 heavy (non-hydrogen) atoms. The van der Waals surface area contributed by atoms with Crippen molar-refractivity contribution in [3.63, 3.8) is 0 Å². The van der Waals surface area contributed by atoms with Crippen molar-refractivity contribution in [1.29, 1.82) is 0 Å².